The Kier molecular flexibility index (Phi) is 12.7. The van der Waals surface area contributed by atoms with E-state index in [4.69, 9.17) is 0 Å². The SMILES string of the molecule is [2H]c1c([2H])c([2H])c2c(c1[2H])c1c([2H])c([2H])c([2H])c([2H])c1n2-c1ccc2c(c1)N(c1cc(-c3ccccc3)cc3c4cc(C(C)(C)C)ccc4n(-c4cccc(-c5ccccc5)c4)c13)c1cc(C(C)(C)C)cc3c1B2c1ccc(-n2c4c([2H])c([2H])c([2H])c([2H])c4c4c([2H])c([2H])c([2H])c([2H])c42)cc1N3c1cc(-c2ccccc2)cc2c3cc(C(C)(C)C)ccc3n(-c3cccc(-c4ccccc4)c3)c12. The Labute approximate surface area is 728 Å². The van der Waals surface area contributed by atoms with Gasteiger partial charge in [-0.25, -0.2) is 0 Å². The van der Waals surface area contributed by atoms with Gasteiger partial charge >= 0.3 is 0 Å². The van der Waals surface area contributed by atoms with Gasteiger partial charge in [-0.05, 0) is 227 Å². The van der Waals surface area contributed by atoms with Crippen molar-refractivity contribution in [1.29, 1.82) is 0 Å². The minimum Gasteiger partial charge on any atom is -0.309 e. The number of rotatable bonds is 10. The van der Waals surface area contributed by atoms with Gasteiger partial charge in [0.25, 0.3) is 6.71 Å². The molecule has 0 N–H and O–H groups in total. The van der Waals surface area contributed by atoms with Crippen LogP contribution in [0.15, 0.2) is 376 Å². The van der Waals surface area contributed by atoms with Crippen LogP contribution < -0.4 is 26.2 Å². The Morgan fingerprint density at radius 3 is 0.909 bits per heavy atom. The van der Waals surface area contributed by atoms with Crippen LogP contribution in [0.1, 0.15) is 101 Å². The molecule has 23 rings (SSSR count). The first-order valence-electron chi connectivity index (χ1n) is 49.3. The molecule has 0 spiro atoms. The summed E-state index contributed by atoms with van der Waals surface area (Å²) < 4.78 is 162. The van der Waals surface area contributed by atoms with Crippen molar-refractivity contribution in [2.75, 3.05) is 9.80 Å². The lowest BCUT2D eigenvalue weighted by molar-refractivity contribution is 0.590. The minimum atomic E-state index is -0.832. The van der Waals surface area contributed by atoms with Crippen molar-refractivity contribution in [1.82, 2.24) is 18.3 Å². The summed E-state index contributed by atoms with van der Waals surface area (Å²) in [5.41, 5.74) is 21.1. The molecule has 0 fully saturated rings. The molecule has 6 heterocycles. The van der Waals surface area contributed by atoms with Gasteiger partial charge in [-0.15, -0.1) is 0 Å². The highest BCUT2D eigenvalue weighted by Gasteiger charge is 2.46. The normalized spacial score (nSPS) is 14.8. The van der Waals surface area contributed by atoms with Gasteiger partial charge in [-0.1, -0.05) is 305 Å². The van der Waals surface area contributed by atoms with E-state index in [9.17, 15) is 21.9 Å². The molecule has 0 atom stereocenters. The van der Waals surface area contributed by atoms with E-state index in [0.717, 1.165) is 144 Å². The summed E-state index contributed by atoms with van der Waals surface area (Å²) >= 11 is 0. The third-order valence-corrected chi connectivity index (χ3v) is 25.0. The smallest absolute Gasteiger partial charge is 0.252 e. The maximum Gasteiger partial charge on any atom is 0.252 e. The van der Waals surface area contributed by atoms with Crippen LogP contribution in [0.3, 0.4) is 0 Å². The van der Waals surface area contributed by atoms with E-state index in [1.165, 1.54) is 0 Å². The summed E-state index contributed by atoms with van der Waals surface area (Å²) in [5, 5.41) is 3.46. The van der Waals surface area contributed by atoms with Gasteiger partial charge in [-0.2, -0.15) is 0 Å². The van der Waals surface area contributed by atoms with Crippen molar-refractivity contribution >= 4 is 144 Å². The van der Waals surface area contributed by atoms with Crippen LogP contribution >= 0.6 is 0 Å². The number of hydrogen-bond donors (Lipinski definition) is 0. The van der Waals surface area contributed by atoms with E-state index >= 15 is 0 Å². The molecule has 4 aromatic heterocycles. The second kappa shape index (κ2) is 27.1. The van der Waals surface area contributed by atoms with E-state index in [1.54, 1.807) is 9.13 Å². The van der Waals surface area contributed by atoms with Gasteiger partial charge in [0, 0.05) is 88.6 Å². The van der Waals surface area contributed by atoms with Crippen LogP contribution in [0.4, 0.5) is 34.1 Å². The third kappa shape index (κ3) is 11.4. The molecule has 0 saturated carbocycles. The zero-order chi connectivity index (χ0) is 95.4. The quantitative estimate of drug-likeness (QED) is 0.128. The summed E-state index contributed by atoms with van der Waals surface area (Å²) in [7, 11) is 0. The van der Waals surface area contributed by atoms with E-state index in [-0.39, 0.29) is 54.4 Å². The molecule has 7 heteroatoms. The van der Waals surface area contributed by atoms with Gasteiger partial charge in [0.05, 0.1) is 77.4 Å². The Morgan fingerprint density at radius 2 is 0.554 bits per heavy atom. The lowest BCUT2D eigenvalue weighted by atomic mass is 9.33. The minimum absolute atomic E-state index is 0.0617. The first kappa shape index (κ1) is 56.9. The fourth-order valence-corrected chi connectivity index (χ4v) is 19.1. The molecule has 2 aliphatic heterocycles. The van der Waals surface area contributed by atoms with Crippen molar-refractivity contribution in [2.24, 2.45) is 0 Å². The van der Waals surface area contributed by atoms with Gasteiger partial charge in [0.2, 0.25) is 0 Å². The van der Waals surface area contributed by atoms with Gasteiger partial charge < -0.3 is 28.1 Å². The fraction of sp³-hybridized carbons (Fsp3) is 0.105. The lowest BCUT2D eigenvalue weighted by Gasteiger charge is -2.45. The van der Waals surface area contributed by atoms with Crippen LogP contribution in [-0.4, -0.2) is 25.0 Å². The summed E-state index contributed by atoms with van der Waals surface area (Å²) in [5.74, 6) is 0. The van der Waals surface area contributed by atoms with Gasteiger partial charge in [-0.3, -0.25) is 0 Å². The number of nitrogens with zero attached hydrogens (tertiary/aromatic N) is 6. The molecule has 0 radical (unpaired) electrons. The maximum atomic E-state index is 10.1. The Bertz CT molecular complexity index is 8210. The zero-order valence-corrected chi connectivity index (χ0v) is 68.3. The molecule has 121 heavy (non-hydrogen) atoms. The Hall–Kier alpha value is -14.4. The molecule has 17 aromatic carbocycles. The lowest BCUT2D eigenvalue weighted by Crippen LogP contribution is -2.61. The van der Waals surface area contributed by atoms with E-state index in [0.29, 0.717) is 34.1 Å². The van der Waals surface area contributed by atoms with E-state index in [1.807, 2.05) is 109 Å². The number of hydrogen-bond acceptors (Lipinski definition) is 2. The number of anilines is 6. The number of aromatic nitrogens is 4. The largest absolute Gasteiger partial charge is 0.309 e. The monoisotopic (exact) mass is 1570 g/mol. The molecule has 0 bridgehead atoms. The maximum absolute atomic E-state index is 10.1. The van der Waals surface area contributed by atoms with Crippen LogP contribution in [0.2, 0.25) is 0 Å². The second-order valence-electron chi connectivity index (χ2n) is 35.3. The fourth-order valence-electron chi connectivity index (χ4n) is 19.1. The molecule has 0 saturated heterocycles. The highest BCUT2D eigenvalue weighted by Crippen LogP contribution is 2.55. The molecule has 0 aliphatic carbocycles. The molecule has 578 valence electrons. The molecule has 2 aliphatic rings. The predicted octanol–water partition coefficient (Wildman–Crippen LogP) is 28.7. The van der Waals surface area contributed by atoms with Crippen LogP contribution in [0.5, 0.6) is 0 Å². The average molecular weight is 1570 g/mol. The van der Waals surface area contributed by atoms with Crippen LogP contribution in [0, 0.1) is 0 Å². The first-order chi connectivity index (χ1) is 65.6. The summed E-state index contributed by atoms with van der Waals surface area (Å²) in [6, 6.07) is 89.5. The Morgan fingerprint density at radius 1 is 0.223 bits per heavy atom. The van der Waals surface area contributed by atoms with E-state index < -0.39 is 109 Å². The van der Waals surface area contributed by atoms with Crippen LogP contribution in [0.25, 0.3) is 154 Å². The molecule has 0 unspecified atom stereocenters. The zero-order valence-electron chi connectivity index (χ0n) is 84.3. The van der Waals surface area contributed by atoms with Crippen LogP contribution in [-0.2, 0) is 16.2 Å². The molecular weight excluding hydrogens is 1460 g/mol. The van der Waals surface area contributed by atoms with Crippen molar-refractivity contribution in [3.8, 4) is 67.3 Å². The number of fused-ring (bicyclic) bond motifs is 16. The number of para-hydroxylation sites is 4. The average Bonchev–Trinajstić information content (AvgIpc) is 1.67. The molecule has 6 nitrogen and oxygen atoms in total. The standard InChI is InChI=1S/C114H89BN6/c1-112(2,3)80-52-58-101-91(66-80)93-62-78(74-36-18-12-19-37-74)64-107(110(93)118(101)83-42-30-40-76(60-83)72-32-14-10-15-33-72)120-103-70-85(116-97-48-26-22-44-87(97)88-45-23-27-49-98(88)116)54-56-95(103)115-96-57-55-86(117-99-50-28-24-46-89(99)90-47-25-29-51-100(90)117)71-104(96)121(106-69-82(114(7,8)9)68-105(120)109(106)115)108-65-79(75-38-20-13-21-39-75)63-94-92-67-81(113(4,5)6)53-59-102(92)119(111(94)108)84-43-31-41-77(61-84)73-34-16-11-17-35-73/h10-71H,1-9H3/i22D,23D,24D,25D,26D,27D,28D,29D,44D,45D,46D,47D,48D,49D,50D,51D. The highest BCUT2D eigenvalue weighted by atomic mass is 15.2. The van der Waals surface area contributed by atoms with Crippen molar-refractivity contribution < 1.29 is 21.9 Å². The molecular formula is C114H89BN6. The summed E-state index contributed by atoms with van der Waals surface area (Å²) in [6.45, 7) is 19.1. The van der Waals surface area contributed by atoms with Crippen molar-refractivity contribution in [2.45, 2.75) is 78.6 Å². The first-order valence-corrected chi connectivity index (χ1v) is 41.3. The van der Waals surface area contributed by atoms with Crippen molar-refractivity contribution in [3.63, 3.8) is 0 Å². The Balaban J connectivity index is 0.945. The topological polar surface area (TPSA) is 26.2 Å². The second-order valence-corrected chi connectivity index (χ2v) is 35.3. The van der Waals surface area contributed by atoms with Gasteiger partial charge in [0.1, 0.15) is 0 Å². The molecule has 0 amide bonds. The summed E-state index contributed by atoms with van der Waals surface area (Å²) in [6.07, 6.45) is 0. The summed E-state index contributed by atoms with van der Waals surface area (Å²) in [4.78, 5) is 4.73. The molecule has 21 aromatic rings. The third-order valence-electron chi connectivity index (χ3n) is 25.0. The van der Waals surface area contributed by atoms with Crippen molar-refractivity contribution in [3.05, 3.63) is 392 Å². The van der Waals surface area contributed by atoms with E-state index in [2.05, 4.69) is 251 Å². The highest BCUT2D eigenvalue weighted by molar-refractivity contribution is 7.00. The predicted molar refractivity (Wildman–Crippen MR) is 516 cm³/mol. The van der Waals surface area contributed by atoms with Gasteiger partial charge in [0.15, 0.2) is 0 Å². The number of benzene rings is 17.